The number of halogens is 1. The number of rotatable bonds is 5. The summed E-state index contributed by atoms with van der Waals surface area (Å²) in [5.74, 6) is 0.551. The lowest BCUT2D eigenvalue weighted by Crippen LogP contribution is -2.37. The molecule has 1 aromatic carbocycles. The van der Waals surface area contributed by atoms with E-state index in [-0.39, 0.29) is 11.3 Å². The van der Waals surface area contributed by atoms with Crippen molar-refractivity contribution in [1.82, 2.24) is 5.32 Å². The van der Waals surface area contributed by atoms with E-state index < -0.39 is 0 Å². The van der Waals surface area contributed by atoms with Crippen LogP contribution in [0.2, 0.25) is 5.02 Å². The van der Waals surface area contributed by atoms with Crippen LogP contribution in [0.25, 0.3) is 0 Å². The van der Waals surface area contributed by atoms with Crippen molar-refractivity contribution in [2.45, 2.75) is 46.0 Å². The zero-order valence-electron chi connectivity index (χ0n) is 12.9. The fourth-order valence-corrected chi connectivity index (χ4v) is 3.80. The molecule has 0 atom stereocenters. The minimum Gasteiger partial charge on any atom is -0.399 e. The number of carbonyl (C=O) groups is 1. The van der Waals surface area contributed by atoms with Crippen molar-refractivity contribution in [2.75, 3.05) is 12.3 Å². The molecule has 0 heterocycles. The fourth-order valence-electron chi connectivity index (χ4n) is 3.52. The normalized spacial score (nSPS) is 17.1. The van der Waals surface area contributed by atoms with Crippen molar-refractivity contribution in [3.05, 3.63) is 28.8 Å². The topological polar surface area (TPSA) is 55.1 Å². The largest absolute Gasteiger partial charge is 0.399 e. The van der Waals surface area contributed by atoms with E-state index in [1.807, 2.05) is 0 Å². The maximum Gasteiger partial charge on any atom is 0.252 e. The summed E-state index contributed by atoms with van der Waals surface area (Å²) in [7, 11) is 0. The average Bonchev–Trinajstić information content (AvgIpc) is 2.84. The van der Waals surface area contributed by atoms with Crippen molar-refractivity contribution in [3.63, 3.8) is 0 Å². The highest BCUT2D eigenvalue weighted by molar-refractivity contribution is 6.34. The highest BCUT2D eigenvalue weighted by Gasteiger charge is 2.34. The molecule has 1 amide bonds. The number of nitrogens with two attached hydrogens (primary N) is 1. The lowest BCUT2D eigenvalue weighted by atomic mass is 9.78. The lowest BCUT2D eigenvalue weighted by Gasteiger charge is -2.31. The van der Waals surface area contributed by atoms with Gasteiger partial charge in [0.15, 0.2) is 0 Å². The summed E-state index contributed by atoms with van der Waals surface area (Å²) in [6, 6.07) is 5.02. The molecule has 0 aromatic heterocycles. The SMILES string of the molecule is CC(C)CC1(CNC(=O)c2ccc(N)cc2Cl)CCCC1. The van der Waals surface area contributed by atoms with E-state index in [2.05, 4.69) is 19.2 Å². The molecular formula is C17H25ClN2O. The standard InChI is InChI=1S/C17H25ClN2O/c1-12(2)10-17(7-3-4-8-17)11-20-16(21)14-6-5-13(19)9-15(14)18/h5-6,9,12H,3-4,7-8,10-11,19H2,1-2H3,(H,20,21). The molecule has 1 aromatic rings. The Morgan fingerprint density at radius 3 is 2.62 bits per heavy atom. The van der Waals surface area contributed by atoms with Gasteiger partial charge in [0, 0.05) is 12.2 Å². The van der Waals surface area contributed by atoms with E-state index in [9.17, 15) is 4.79 Å². The fraction of sp³-hybridized carbons (Fsp3) is 0.588. The third-order valence-corrected chi connectivity index (χ3v) is 4.68. The van der Waals surface area contributed by atoms with Crippen molar-refractivity contribution in [2.24, 2.45) is 11.3 Å². The van der Waals surface area contributed by atoms with Gasteiger partial charge in [-0.2, -0.15) is 0 Å². The molecule has 1 saturated carbocycles. The molecule has 4 heteroatoms. The molecule has 0 unspecified atom stereocenters. The zero-order chi connectivity index (χ0) is 15.5. The number of hydrogen-bond donors (Lipinski definition) is 2. The van der Waals surface area contributed by atoms with Crippen LogP contribution >= 0.6 is 11.6 Å². The monoisotopic (exact) mass is 308 g/mol. The van der Waals surface area contributed by atoms with Crippen molar-refractivity contribution in [3.8, 4) is 0 Å². The summed E-state index contributed by atoms with van der Waals surface area (Å²) in [5, 5.41) is 3.50. The molecule has 0 saturated heterocycles. The van der Waals surface area contributed by atoms with Crippen molar-refractivity contribution in [1.29, 1.82) is 0 Å². The summed E-state index contributed by atoms with van der Waals surface area (Å²) in [6.45, 7) is 5.24. The van der Waals surface area contributed by atoms with Crippen LogP contribution < -0.4 is 11.1 Å². The van der Waals surface area contributed by atoms with Crippen LogP contribution in [0.3, 0.4) is 0 Å². The van der Waals surface area contributed by atoms with Crippen LogP contribution in [0.5, 0.6) is 0 Å². The Labute approximate surface area is 132 Å². The van der Waals surface area contributed by atoms with Gasteiger partial charge in [-0.1, -0.05) is 38.3 Å². The Morgan fingerprint density at radius 1 is 1.38 bits per heavy atom. The van der Waals surface area contributed by atoms with Gasteiger partial charge in [0.25, 0.3) is 5.91 Å². The number of carbonyl (C=O) groups excluding carboxylic acids is 1. The molecule has 1 fully saturated rings. The smallest absolute Gasteiger partial charge is 0.252 e. The lowest BCUT2D eigenvalue weighted by molar-refractivity contribution is 0.0922. The third kappa shape index (κ3) is 4.13. The molecular weight excluding hydrogens is 284 g/mol. The maximum absolute atomic E-state index is 12.3. The van der Waals surface area contributed by atoms with Crippen LogP contribution in [0.4, 0.5) is 5.69 Å². The Bertz CT molecular complexity index is 508. The zero-order valence-corrected chi connectivity index (χ0v) is 13.7. The Kier molecular flexibility index (Phi) is 5.15. The average molecular weight is 309 g/mol. The molecule has 0 radical (unpaired) electrons. The predicted octanol–water partition coefficient (Wildman–Crippen LogP) is 4.26. The third-order valence-electron chi connectivity index (χ3n) is 4.37. The maximum atomic E-state index is 12.3. The minimum absolute atomic E-state index is 0.102. The first kappa shape index (κ1) is 16.2. The first-order valence-electron chi connectivity index (χ1n) is 7.75. The van der Waals surface area contributed by atoms with Crippen LogP contribution in [0.15, 0.2) is 18.2 Å². The van der Waals surface area contributed by atoms with Gasteiger partial charge < -0.3 is 11.1 Å². The molecule has 1 aliphatic rings. The molecule has 0 aliphatic heterocycles. The second-order valence-corrected chi connectivity index (χ2v) is 7.13. The van der Waals surface area contributed by atoms with Gasteiger partial charge in [-0.25, -0.2) is 0 Å². The molecule has 116 valence electrons. The molecule has 21 heavy (non-hydrogen) atoms. The van der Waals surface area contributed by atoms with Crippen LogP contribution in [-0.4, -0.2) is 12.5 Å². The van der Waals surface area contributed by atoms with E-state index >= 15 is 0 Å². The van der Waals surface area contributed by atoms with Crippen LogP contribution in [0.1, 0.15) is 56.3 Å². The predicted molar refractivity (Wildman–Crippen MR) is 88.6 cm³/mol. The highest BCUT2D eigenvalue weighted by atomic mass is 35.5. The van der Waals surface area contributed by atoms with E-state index in [1.165, 1.54) is 32.1 Å². The number of amides is 1. The van der Waals surface area contributed by atoms with Gasteiger partial charge >= 0.3 is 0 Å². The second kappa shape index (κ2) is 6.69. The Morgan fingerprint density at radius 2 is 2.05 bits per heavy atom. The summed E-state index contributed by atoms with van der Waals surface area (Å²) in [6.07, 6.45) is 6.13. The van der Waals surface area contributed by atoms with Crippen molar-refractivity contribution < 1.29 is 4.79 Å². The van der Waals surface area contributed by atoms with E-state index in [0.717, 1.165) is 6.54 Å². The molecule has 0 spiro atoms. The Hall–Kier alpha value is -1.22. The van der Waals surface area contributed by atoms with Gasteiger partial charge in [-0.05, 0) is 48.8 Å². The summed E-state index contributed by atoms with van der Waals surface area (Å²) >= 11 is 6.10. The molecule has 3 N–H and O–H groups in total. The van der Waals surface area contributed by atoms with E-state index in [1.54, 1.807) is 18.2 Å². The number of hydrogen-bond acceptors (Lipinski definition) is 2. The van der Waals surface area contributed by atoms with Gasteiger partial charge in [-0.15, -0.1) is 0 Å². The quantitative estimate of drug-likeness (QED) is 0.799. The highest BCUT2D eigenvalue weighted by Crippen LogP contribution is 2.42. The summed E-state index contributed by atoms with van der Waals surface area (Å²) < 4.78 is 0. The first-order valence-corrected chi connectivity index (χ1v) is 8.13. The van der Waals surface area contributed by atoms with Gasteiger partial charge in [0.05, 0.1) is 10.6 Å². The van der Waals surface area contributed by atoms with Crippen LogP contribution in [0, 0.1) is 11.3 Å². The van der Waals surface area contributed by atoms with Gasteiger partial charge in [-0.3, -0.25) is 4.79 Å². The Balaban J connectivity index is 2.02. The second-order valence-electron chi connectivity index (χ2n) is 6.73. The number of anilines is 1. The van der Waals surface area contributed by atoms with Gasteiger partial charge in [0.1, 0.15) is 0 Å². The number of benzene rings is 1. The van der Waals surface area contributed by atoms with Gasteiger partial charge in [0.2, 0.25) is 0 Å². The molecule has 2 rings (SSSR count). The van der Waals surface area contributed by atoms with Crippen LogP contribution in [-0.2, 0) is 0 Å². The number of nitrogen functional groups attached to an aromatic ring is 1. The minimum atomic E-state index is -0.102. The van der Waals surface area contributed by atoms with Crippen molar-refractivity contribution >= 4 is 23.2 Å². The summed E-state index contributed by atoms with van der Waals surface area (Å²) in [4.78, 5) is 12.3. The first-order chi connectivity index (χ1) is 9.92. The van der Waals surface area contributed by atoms with E-state index in [4.69, 9.17) is 17.3 Å². The number of nitrogens with one attached hydrogen (secondary N) is 1. The molecule has 1 aliphatic carbocycles. The molecule has 0 bridgehead atoms. The molecule has 3 nitrogen and oxygen atoms in total. The summed E-state index contributed by atoms with van der Waals surface area (Å²) in [5.41, 5.74) is 7.00. The van der Waals surface area contributed by atoms with E-state index in [0.29, 0.717) is 22.2 Å².